The van der Waals surface area contributed by atoms with E-state index in [9.17, 15) is 4.79 Å². The van der Waals surface area contributed by atoms with Crippen molar-refractivity contribution >= 4 is 5.91 Å². The molecule has 0 aliphatic carbocycles. The van der Waals surface area contributed by atoms with Crippen LogP contribution in [0.1, 0.15) is 37.8 Å². The van der Waals surface area contributed by atoms with Gasteiger partial charge in [-0.3, -0.25) is 9.69 Å². The lowest BCUT2D eigenvalue weighted by molar-refractivity contribution is -0.125. The largest absolute Gasteiger partial charge is 0.497 e. The average molecular weight is 291 g/mol. The first-order valence-corrected chi connectivity index (χ1v) is 7.49. The van der Waals surface area contributed by atoms with Crippen LogP contribution in [0.5, 0.6) is 5.75 Å². The first kappa shape index (κ1) is 15.8. The summed E-state index contributed by atoms with van der Waals surface area (Å²) in [5, 5.41) is 0. The molecule has 3 atom stereocenters. The zero-order chi connectivity index (χ0) is 15.4. The number of hydrogen-bond acceptors (Lipinski definition) is 4. The Labute approximate surface area is 126 Å². The number of primary amides is 1. The van der Waals surface area contributed by atoms with Crippen LogP contribution in [0.4, 0.5) is 0 Å². The van der Waals surface area contributed by atoms with Gasteiger partial charge in [-0.25, -0.2) is 0 Å². The minimum atomic E-state index is -0.261. The Hall–Kier alpha value is -1.59. The molecule has 3 unspecified atom stereocenters. The summed E-state index contributed by atoms with van der Waals surface area (Å²) in [6.07, 6.45) is 2.91. The lowest BCUT2D eigenvalue weighted by atomic mass is 9.92. The van der Waals surface area contributed by atoms with Crippen LogP contribution in [-0.4, -0.2) is 36.5 Å². The van der Waals surface area contributed by atoms with Crippen LogP contribution in [0.3, 0.4) is 0 Å². The van der Waals surface area contributed by atoms with E-state index in [1.807, 2.05) is 31.2 Å². The van der Waals surface area contributed by atoms with E-state index in [0.29, 0.717) is 0 Å². The predicted octanol–water partition coefficient (Wildman–Crippen LogP) is 1.42. The van der Waals surface area contributed by atoms with Crippen molar-refractivity contribution in [3.8, 4) is 5.75 Å². The molecule has 116 valence electrons. The number of hydrogen-bond donors (Lipinski definition) is 2. The molecule has 1 aliphatic rings. The van der Waals surface area contributed by atoms with Gasteiger partial charge in [0.05, 0.1) is 19.2 Å². The van der Waals surface area contributed by atoms with E-state index in [2.05, 4.69) is 4.90 Å². The summed E-state index contributed by atoms with van der Waals surface area (Å²) in [6, 6.07) is 7.51. The highest BCUT2D eigenvalue weighted by Gasteiger charge is 2.34. The molecule has 0 spiro atoms. The molecule has 2 rings (SSSR count). The van der Waals surface area contributed by atoms with Crippen LogP contribution in [0.25, 0.3) is 0 Å². The summed E-state index contributed by atoms with van der Waals surface area (Å²) in [4.78, 5) is 13.9. The molecule has 5 nitrogen and oxygen atoms in total. The quantitative estimate of drug-likeness (QED) is 0.859. The number of methoxy groups -OCH3 is 1. The van der Waals surface area contributed by atoms with Crippen molar-refractivity contribution in [2.75, 3.05) is 13.7 Å². The third kappa shape index (κ3) is 3.54. The van der Waals surface area contributed by atoms with E-state index in [4.69, 9.17) is 16.2 Å². The molecule has 1 aliphatic heterocycles. The molecule has 5 heteroatoms. The fraction of sp³-hybridized carbons (Fsp3) is 0.562. The number of carbonyl (C=O) groups is 1. The van der Waals surface area contributed by atoms with Gasteiger partial charge >= 0.3 is 0 Å². The first-order valence-electron chi connectivity index (χ1n) is 7.49. The van der Waals surface area contributed by atoms with Crippen molar-refractivity contribution in [1.29, 1.82) is 0 Å². The molecule has 4 N–H and O–H groups in total. The third-order valence-electron chi connectivity index (χ3n) is 4.16. The molecule has 1 aromatic carbocycles. The topological polar surface area (TPSA) is 81.6 Å². The Balaban J connectivity index is 2.34. The Morgan fingerprint density at radius 2 is 2.19 bits per heavy atom. The lowest BCUT2D eigenvalue weighted by Crippen LogP contribution is -2.52. The molecule has 0 aromatic heterocycles. The molecular formula is C16H25N3O2. The zero-order valence-electron chi connectivity index (χ0n) is 12.8. The first-order chi connectivity index (χ1) is 10.0. The average Bonchev–Trinajstić information content (AvgIpc) is 2.47. The summed E-state index contributed by atoms with van der Waals surface area (Å²) in [5.74, 6) is 0.536. The Kier molecular flexibility index (Phi) is 5.20. The maximum absolute atomic E-state index is 11.8. The monoisotopic (exact) mass is 291 g/mol. The summed E-state index contributed by atoms with van der Waals surface area (Å²) < 4.78 is 5.30. The fourth-order valence-corrected chi connectivity index (χ4v) is 3.21. The Morgan fingerprint density at radius 3 is 2.81 bits per heavy atom. The molecule has 1 amide bonds. The molecule has 1 fully saturated rings. The van der Waals surface area contributed by atoms with Crippen molar-refractivity contribution in [2.24, 2.45) is 11.5 Å². The highest BCUT2D eigenvalue weighted by atomic mass is 16.5. The standard InChI is InChI=1S/C16H25N3O2/c1-11(17)15(12-6-5-7-13(10-12)21-2)19-9-4-3-8-14(19)16(18)20/h5-7,10-11,14-15H,3-4,8-9,17H2,1-2H3,(H2,18,20). The molecule has 0 bridgehead atoms. The van der Waals surface area contributed by atoms with Crippen molar-refractivity contribution in [2.45, 2.75) is 44.3 Å². The second-order valence-electron chi connectivity index (χ2n) is 5.73. The molecular weight excluding hydrogens is 266 g/mol. The zero-order valence-corrected chi connectivity index (χ0v) is 12.8. The minimum Gasteiger partial charge on any atom is -0.497 e. The van der Waals surface area contributed by atoms with Crippen LogP contribution < -0.4 is 16.2 Å². The molecule has 0 radical (unpaired) electrons. The number of carbonyl (C=O) groups excluding carboxylic acids is 1. The maximum atomic E-state index is 11.8. The summed E-state index contributed by atoms with van der Waals surface area (Å²) in [5.41, 5.74) is 12.9. The molecule has 0 saturated carbocycles. The van der Waals surface area contributed by atoms with Gasteiger partial charge in [-0.05, 0) is 44.0 Å². The van der Waals surface area contributed by atoms with Crippen LogP contribution in [0.2, 0.25) is 0 Å². The summed E-state index contributed by atoms with van der Waals surface area (Å²) >= 11 is 0. The van der Waals surface area contributed by atoms with E-state index in [0.717, 1.165) is 37.1 Å². The highest BCUT2D eigenvalue weighted by molar-refractivity contribution is 5.80. The third-order valence-corrected chi connectivity index (χ3v) is 4.16. The minimum absolute atomic E-state index is 0.0297. The number of benzene rings is 1. The van der Waals surface area contributed by atoms with E-state index >= 15 is 0 Å². The number of rotatable bonds is 5. The van der Waals surface area contributed by atoms with Crippen LogP contribution >= 0.6 is 0 Å². The molecule has 1 saturated heterocycles. The lowest BCUT2D eigenvalue weighted by Gasteiger charge is -2.41. The van der Waals surface area contributed by atoms with Gasteiger partial charge in [-0.15, -0.1) is 0 Å². The molecule has 1 heterocycles. The van der Waals surface area contributed by atoms with Gasteiger partial charge < -0.3 is 16.2 Å². The molecule has 21 heavy (non-hydrogen) atoms. The number of piperidine rings is 1. The SMILES string of the molecule is COc1cccc(C(C(C)N)N2CCCCC2C(N)=O)c1. The van der Waals surface area contributed by atoms with Gasteiger partial charge in [0.2, 0.25) is 5.91 Å². The van der Waals surface area contributed by atoms with Crippen LogP contribution in [0.15, 0.2) is 24.3 Å². The summed E-state index contributed by atoms with van der Waals surface area (Å²) in [7, 11) is 1.65. The Morgan fingerprint density at radius 1 is 1.43 bits per heavy atom. The normalized spacial score (nSPS) is 22.5. The van der Waals surface area contributed by atoms with Gasteiger partial charge in [-0.1, -0.05) is 18.6 Å². The number of likely N-dealkylation sites (tertiary alicyclic amines) is 1. The maximum Gasteiger partial charge on any atom is 0.234 e. The van der Waals surface area contributed by atoms with Crippen molar-refractivity contribution in [3.05, 3.63) is 29.8 Å². The van der Waals surface area contributed by atoms with Crippen molar-refractivity contribution < 1.29 is 9.53 Å². The number of ether oxygens (including phenoxy) is 1. The van der Waals surface area contributed by atoms with Gasteiger partial charge in [0.1, 0.15) is 5.75 Å². The Bertz CT molecular complexity index is 490. The second kappa shape index (κ2) is 6.91. The van der Waals surface area contributed by atoms with Crippen molar-refractivity contribution in [1.82, 2.24) is 4.90 Å². The fourth-order valence-electron chi connectivity index (χ4n) is 3.21. The van der Waals surface area contributed by atoms with Crippen LogP contribution in [-0.2, 0) is 4.79 Å². The van der Waals surface area contributed by atoms with Gasteiger partial charge in [-0.2, -0.15) is 0 Å². The van der Waals surface area contributed by atoms with E-state index in [-0.39, 0.29) is 24.0 Å². The van der Waals surface area contributed by atoms with Crippen molar-refractivity contribution in [3.63, 3.8) is 0 Å². The number of nitrogens with zero attached hydrogens (tertiary/aromatic N) is 1. The van der Waals surface area contributed by atoms with E-state index in [1.165, 1.54) is 0 Å². The summed E-state index contributed by atoms with van der Waals surface area (Å²) in [6.45, 7) is 2.81. The van der Waals surface area contributed by atoms with E-state index < -0.39 is 0 Å². The second-order valence-corrected chi connectivity index (χ2v) is 5.73. The van der Waals surface area contributed by atoms with Crippen LogP contribution in [0, 0.1) is 0 Å². The predicted molar refractivity (Wildman–Crippen MR) is 82.9 cm³/mol. The van der Waals surface area contributed by atoms with Gasteiger partial charge in [0.25, 0.3) is 0 Å². The molecule has 1 aromatic rings. The number of amides is 1. The smallest absolute Gasteiger partial charge is 0.234 e. The number of nitrogens with two attached hydrogens (primary N) is 2. The van der Waals surface area contributed by atoms with Gasteiger partial charge in [0.15, 0.2) is 0 Å². The van der Waals surface area contributed by atoms with E-state index in [1.54, 1.807) is 7.11 Å². The van der Waals surface area contributed by atoms with Gasteiger partial charge in [0, 0.05) is 6.04 Å². The highest BCUT2D eigenvalue weighted by Crippen LogP contribution is 2.32.